The van der Waals surface area contributed by atoms with Gasteiger partial charge < -0.3 is 23.8 Å². The molecule has 0 atom stereocenters. The van der Waals surface area contributed by atoms with Gasteiger partial charge in [0.05, 0.1) is 42.5 Å². The smallest absolute Gasteiger partial charge is 0.201 e. The fraction of sp³-hybridized carbons (Fsp3) is 0.189. The molecule has 0 radical (unpaired) electrons. The summed E-state index contributed by atoms with van der Waals surface area (Å²) in [5, 5.41) is 0. The molecule has 0 spiro atoms. The molecule has 1 N–H and O–H groups in total. The molecule has 0 amide bonds. The largest absolute Gasteiger partial charge is 0.497 e. The van der Waals surface area contributed by atoms with Crippen LogP contribution in [0.4, 0.5) is 70.2 Å². The van der Waals surface area contributed by atoms with Crippen molar-refractivity contribution in [3.05, 3.63) is 129 Å². The van der Waals surface area contributed by atoms with Gasteiger partial charge in [-0.2, -0.15) is 17.6 Å². The van der Waals surface area contributed by atoms with Crippen molar-refractivity contribution in [1.29, 1.82) is 0 Å². The summed E-state index contributed by atoms with van der Waals surface area (Å²) in [6, 6.07) is 10.5. The summed E-state index contributed by atoms with van der Waals surface area (Å²) >= 11 is 0. The van der Waals surface area contributed by atoms with E-state index < -0.39 is 144 Å². The SMILES string of the molecule is COc1c(F)c(F)c(F)c(F)c1[B-](c1c(F)c(F)c(F)c(F)c1OC)(c1c(F)c(F)c(F)c(F)c1OC)c1c(F)c(F)c(F)c(F)c1OC.C[NH+](C)Cc1ccccc1. The molecule has 0 bridgehead atoms. The number of halogens is 16. The number of benzene rings is 5. The molecule has 0 saturated heterocycles. The van der Waals surface area contributed by atoms with Gasteiger partial charge in [-0.3, -0.25) is 0 Å². The molecule has 0 aliphatic carbocycles. The van der Waals surface area contributed by atoms with Crippen LogP contribution in [-0.2, 0) is 6.54 Å². The number of nitrogens with one attached hydrogen (secondary N) is 1. The number of hydrogen-bond acceptors (Lipinski definition) is 4. The predicted molar refractivity (Wildman–Crippen MR) is 179 cm³/mol. The second kappa shape index (κ2) is 17.6. The van der Waals surface area contributed by atoms with Crippen LogP contribution >= 0.6 is 0 Å². The lowest BCUT2D eigenvalue weighted by atomic mass is 9.12. The lowest BCUT2D eigenvalue weighted by Gasteiger charge is -2.46. The Bertz CT molecular complexity index is 2150. The highest BCUT2D eigenvalue weighted by Gasteiger charge is 2.53. The van der Waals surface area contributed by atoms with E-state index in [0.29, 0.717) is 0 Å². The lowest BCUT2D eigenvalue weighted by Crippen LogP contribution is -3.04. The van der Waals surface area contributed by atoms with Crippen LogP contribution in [0, 0.1) is 93.1 Å². The van der Waals surface area contributed by atoms with E-state index >= 15 is 52.7 Å². The molecule has 0 unspecified atom stereocenters. The van der Waals surface area contributed by atoms with Crippen molar-refractivity contribution in [1.82, 2.24) is 0 Å². The maximum absolute atomic E-state index is 16.3. The average molecular weight is 863 g/mol. The Morgan fingerprint density at radius 1 is 0.356 bits per heavy atom. The Balaban J connectivity index is 0.000000670. The summed E-state index contributed by atoms with van der Waals surface area (Å²) < 4.78 is 263. The van der Waals surface area contributed by atoms with Crippen LogP contribution in [0.15, 0.2) is 30.3 Å². The molecule has 0 aliphatic heterocycles. The zero-order chi connectivity index (χ0) is 44.6. The first-order valence-electron chi connectivity index (χ1n) is 16.2. The van der Waals surface area contributed by atoms with Gasteiger partial charge in [0, 0.05) is 5.56 Å². The van der Waals surface area contributed by atoms with Crippen molar-refractivity contribution in [2.45, 2.75) is 6.54 Å². The Labute approximate surface area is 323 Å². The first kappa shape index (κ1) is 45.9. The van der Waals surface area contributed by atoms with E-state index in [1.54, 1.807) is 0 Å². The summed E-state index contributed by atoms with van der Waals surface area (Å²) in [4.78, 5) is 1.46. The Morgan fingerprint density at radius 3 is 0.780 bits per heavy atom. The fourth-order valence-corrected chi connectivity index (χ4v) is 6.73. The standard InChI is InChI=1S/C28H12BF16O4.C9H13N/c1-46-25-5(9(30)13(34)17(38)21(25)42)29(6-10(31)14(35)18(39)22(43)26(6)47-2,7-11(32)15(36)19(40)23(44)27(7)48-3)8-12(33)16(37)20(41)24(45)28(8)49-4;1-10(2)8-9-6-4-3-5-7-9/h1-4H3;3-7H,8H2,1-2H3/q-1;/p+1. The molecule has 5 nitrogen and oxygen atoms in total. The van der Waals surface area contributed by atoms with Crippen molar-refractivity contribution >= 4 is 28.0 Å². The summed E-state index contributed by atoms with van der Waals surface area (Å²) in [6.45, 7) is 1.11. The van der Waals surface area contributed by atoms with Gasteiger partial charge in [-0.25, -0.2) is 52.7 Å². The first-order chi connectivity index (χ1) is 27.6. The first-order valence-corrected chi connectivity index (χ1v) is 16.2. The van der Waals surface area contributed by atoms with E-state index in [4.69, 9.17) is 0 Å². The van der Waals surface area contributed by atoms with Crippen molar-refractivity contribution in [2.75, 3.05) is 42.5 Å². The highest BCUT2D eigenvalue weighted by molar-refractivity contribution is 7.21. The molecule has 0 aromatic heterocycles. The predicted octanol–water partition coefficient (Wildman–Crippen LogP) is 5.66. The number of methoxy groups -OCH3 is 4. The third-order valence-corrected chi connectivity index (χ3v) is 8.98. The zero-order valence-electron chi connectivity index (χ0n) is 30.9. The molecule has 5 aromatic carbocycles. The molecule has 0 aliphatic rings. The number of ether oxygens (including phenoxy) is 4. The topological polar surface area (TPSA) is 41.4 Å². The van der Waals surface area contributed by atoms with Gasteiger partial charge in [-0.05, 0) is 0 Å². The van der Waals surface area contributed by atoms with Gasteiger partial charge in [-0.1, -0.05) is 30.3 Å². The highest BCUT2D eigenvalue weighted by atomic mass is 19.2. The van der Waals surface area contributed by atoms with Gasteiger partial charge in [-0.15, -0.1) is 21.9 Å². The Kier molecular flexibility index (Phi) is 13.7. The molecule has 22 heteroatoms. The monoisotopic (exact) mass is 863 g/mol. The van der Waals surface area contributed by atoms with Crippen LogP contribution in [0.2, 0.25) is 0 Å². The zero-order valence-corrected chi connectivity index (χ0v) is 30.9. The van der Waals surface area contributed by atoms with Crippen LogP contribution in [0.5, 0.6) is 23.0 Å². The number of quaternary nitrogens is 1. The van der Waals surface area contributed by atoms with Crippen LogP contribution in [0.3, 0.4) is 0 Å². The molecule has 59 heavy (non-hydrogen) atoms. The van der Waals surface area contributed by atoms with Gasteiger partial charge in [0.2, 0.25) is 46.5 Å². The van der Waals surface area contributed by atoms with Gasteiger partial charge in [0.15, 0.2) is 23.3 Å². The van der Waals surface area contributed by atoms with E-state index in [1.165, 1.54) is 10.5 Å². The summed E-state index contributed by atoms with van der Waals surface area (Å²) in [5.74, 6) is -56.6. The maximum Gasteiger partial charge on any atom is 0.201 e. The van der Waals surface area contributed by atoms with Crippen molar-refractivity contribution in [3.63, 3.8) is 0 Å². The van der Waals surface area contributed by atoms with E-state index in [2.05, 4.69) is 63.4 Å². The van der Waals surface area contributed by atoms with E-state index in [9.17, 15) is 17.6 Å². The number of hydrogen-bond donors (Lipinski definition) is 1. The van der Waals surface area contributed by atoms with Gasteiger partial charge in [0.1, 0.15) is 59.0 Å². The molecular formula is C37H26BF16NO4. The lowest BCUT2D eigenvalue weighted by molar-refractivity contribution is -0.872. The van der Waals surface area contributed by atoms with Gasteiger partial charge in [0.25, 0.3) is 0 Å². The molecule has 0 fully saturated rings. The third kappa shape index (κ3) is 7.31. The molecule has 0 saturated carbocycles. The molecule has 5 aromatic rings. The average Bonchev–Trinajstić information content (AvgIpc) is 3.21. The molecule has 0 heterocycles. The minimum absolute atomic E-state index is 0.220. The molecule has 5 rings (SSSR count). The maximum atomic E-state index is 16.3. The van der Waals surface area contributed by atoms with Crippen molar-refractivity contribution in [2.24, 2.45) is 0 Å². The highest BCUT2D eigenvalue weighted by Crippen LogP contribution is 2.38. The number of rotatable bonds is 10. The van der Waals surface area contributed by atoms with E-state index in [-0.39, 0.29) is 28.4 Å². The summed E-state index contributed by atoms with van der Waals surface area (Å²) in [5.41, 5.74) is -8.96. The van der Waals surface area contributed by atoms with Crippen LogP contribution in [0.1, 0.15) is 5.56 Å². The fourth-order valence-electron chi connectivity index (χ4n) is 6.73. The summed E-state index contributed by atoms with van der Waals surface area (Å²) in [7, 11) is 5.20. The quantitative estimate of drug-likeness (QED) is 0.0854. The minimum Gasteiger partial charge on any atom is -0.497 e. The Hall–Kier alpha value is -5.80. The minimum atomic E-state index is -6.25. The Morgan fingerprint density at radius 2 is 0.576 bits per heavy atom. The summed E-state index contributed by atoms with van der Waals surface area (Å²) in [6.07, 6.45) is -6.25. The van der Waals surface area contributed by atoms with Crippen molar-refractivity contribution in [3.8, 4) is 23.0 Å². The molecule has 318 valence electrons. The van der Waals surface area contributed by atoms with Gasteiger partial charge >= 0.3 is 0 Å². The van der Waals surface area contributed by atoms with Crippen molar-refractivity contribution < 1.29 is 94.1 Å². The van der Waals surface area contributed by atoms with E-state index in [1.807, 2.05) is 0 Å². The second-order valence-electron chi connectivity index (χ2n) is 12.5. The van der Waals surface area contributed by atoms with Crippen LogP contribution in [-0.4, -0.2) is 48.7 Å². The third-order valence-electron chi connectivity index (χ3n) is 8.98. The normalized spacial score (nSPS) is 11.4. The second-order valence-corrected chi connectivity index (χ2v) is 12.5. The van der Waals surface area contributed by atoms with Crippen LogP contribution < -0.4 is 45.7 Å². The molecular weight excluding hydrogens is 837 g/mol. The van der Waals surface area contributed by atoms with Crippen LogP contribution in [0.25, 0.3) is 0 Å². The van der Waals surface area contributed by atoms with E-state index in [0.717, 1.165) is 6.54 Å².